The molecule has 0 spiro atoms. The Morgan fingerprint density at radius 1 is 1.69 bits per heavy atom. The molecule has 1 fully saturated rings. The van der Waals surface area contributed by atoms with Crippen molar-refractivity contribution in [3.05, 3.63) is 11.9 Å². The number of aromatic hydroxyl groups is 1. The van der Waals surface area contributed by atoms with Crippen LogP contribution in [0, 0.1) is 5.92 Å². The summed E-state index contributed by atoms with van der Waals surface area (Å²) < 4.78 is 1.38. The van der Waals surface area contributed by atoms with Crippen molar-refractivity contribution in [2.45, 2.75) is 13.0 Å². The molecule has 0 amide bonds. The molecule has 2 rings (SSSR count). The lowest BCUT2D eigenvalue weighted by molar-refractivity contribution is 0.0678. The highest BCUT2D eigenvalue weighted by molar-refractivity contribution is 5.88. The lowest BCUT2D eigenvalue weighted by Crippen LogP contribution is -2.19. The summed E-state index contributed by atoms with van der Waals surface area (Å²) in [6.45, 7) is 2.52. The Balaban J connectivity index is 2.12. The van der Waals surface area contributed by atoms with E-state index in [-0.39, 0.29) is 11.4 Å². The van der Waals surface area contributed by atoms with Crippen molar-refractivity contribution >= 4 is 5.97 Å². The summed E-state index contributed by atoms with van der Waals surface area (Å²) in [5.74, 6) is -0.998. The molecule has 0 saturated carbocycles. The number of carbonyl (C=O) groups is 1. The third-order valence-corrected chi connectivity index (χ3v) is 2.94. The highest BCUT2D eigenvalue weighted by atomic mass is 16.4. The van der Waals surface area contributed by atoms with Gasteiger partial charge in [-0.1, -0.05) is 0 Å². The summed E-state index contributed by atoms with van der Waals surface area (Å²) in [4.78, 5) is 13.1. The number of aromatic nitrogens is 2. The van der Waals surface area contributed by atoms with Gasteiger partial charge in [-0.05, 0) is 25.9 Å². The van der Waals surface area contributed by atoms with E-state index in [1.165, 1.54) is 10.9 Å². The summed E-state index contributed by atoms with van der Waals surface area (Å²) in [5, 5.41) is 22.2. The lowest BCUT2D eigenvalue weighted by Gasteiger charge is -2.11. The van der Waals surface area contributed by atoms with Crippen LogP contribution in [0.3, 0.4) is 0 Å². The van der Waals surface area contributed by atoms with E-state index >= 15 is 0 Å². The van der Waals surface area contributed by atoms with Crippen LogP contribution in [0.4, 0.5) is 0 Å². The topological polar surface area (TPSA) is 78.6 Å². The van der Waals surface area contributed by atoms with Crippen molar-refractivity contribution < 1.29 is 15.0 Å². The minimum absolute atomic E-state index is 0.116. The van der Waals surface area contributed by atoms with Crippen LogP contribution in [0.2, 0.25) is 0 Å². The molecule has 1 aromatic heterocycles. The predicted octanol–water partition coefficient (Wildman–Crippen LogP) is 0.239. The molecule has 6 heteroatoms. The number of hydrogen-bond donors (Lipinski definition) is 2. The molecule has 2 heterocycles. The second-order valence-electron chi connectivity index (χ2n) is 4.28. The van der Waals surface area contributed by atoms with E-state index in [0.717, 1.165) is 19.5 Å². The van der Waals surface area contributed by atoms with Crippen molar-refractivity contribution in [2.24, 2.45) is 5.92 Å². The minimum atomic E-state index is -1.14. The van der Waals surface area contributed by atoms with Crippen LogP contribution < -0.4 is 0 Å². The van der Waals surface area contributed by atoms with Gasteiger partial charge in [0.1, 0.15) is 0 Å². The average molecular weight is 225 g/mol. The number of aromatic carboxylic acids is 1. The fourth-order valence-electron chi connectivity index (χ4n) is 2.15. The van der Waals surface area contributed by atoms with Crippen molar-refractivity contribution in [1.82, 2.24) is 14.7 Å². The molecule has 1 atom stereocenters. The van der Waals surface area contributed by atoms with Gasteiger partial charge in [-0.3, -0.25) is 4.68 Å². The zero-order valence-corrected chi connectivity index (χ0v) is 9.13. The summed E-state index contributed by atoms with van der Waals surface area (Å²) in [6, 6.07) is 0. The number of likely N-dealkylation sites (tertiary alicyclic amines) is 1. The van der Waals surface area contributed by atoms with E-state index in [9.17, 15) is 9.90 Å². The first-order chi connectivity index (χ1) is 7.58. The molecule has 0 aliphatic carbocycles. The Labute approximate surface area is 93.1 Å². The van der Waals surface area contributed by atoms with E-state index < -0.39 is 5.97 Å². The van der Waals surface area contributed by atoms with Gasteiger partial charge >= 0.3 is 5.97 Å². The quantitative estimate of drug-likeness (QED) is 0.770. The fourth-order valence-corrected chi connectivity index (χ4v) is 2.15. The van der Waals surface area contributed by atoms with Crippen LogP contribution in [-0.4, -0.2) is 51.0 Å². The number of carboxylic acid groups (broad SMARTS) is 1. The van der Waals surface area contributed by atoms with Gasteiger partial charge in [-0.15, -0.1) is 0 Å². The highest BCUT2D eigenvalue weighted by Gasteiger charge is 2.24. The normalized spacial score (nSPS) is 21.4. The number of carboxylic acids is 1. The van der Waals surface area contributed by atoms with Crippen molar-refractivity contribution in [1.29, 1.82) is 0 Å². The van der Waals surface area contributed by atoms with Crippen LogP contribution in [0.5, 0.6) is 5.75 Å². The van der Waals surface area contributed by atoms with Gasteiger partial charge in [0, 0.05) is 13.1 Å². The molecule has 1 aliphatic rings. The zero-order chi connectivity index (χ0) is 11.7. The van der Waals surface area contributed by atoms with Gasteiger partial charge in [0.15, 0.2) is 11.4 Å². The third kappa shape index (κ3) is 2.01. The smallest absolute Gasteiger partial charge is 0.358 e. The maximum absolute atomic E-state index is 10.9. The maximum Gasteiger partial charge on any atom is 0.358 e. The molecule has 88 valence electrons. The second kappa shape index (κ2) is 4.13. The van der Waals surface area contributed by atoms with Crippen molar-refractivity contribution in [3.63, 3.8) is 0 Å². The molecule has 1 unspecified atom stereocenters. The van der Waals surface area contributed by atoms with Gasteiger partial charge in [-0.25, -0.2) is 4.79 Å². The summed E-state index contributed by atoms with van der Waals surface area (Å²) in [5.41, 5.74) is -0.116. The molecule has 0 aromatic carbocycles. The number of hydrogen-bond acceptors (Lipinski definition) is 4. The molecule has 2 N–H and O–H groups in total. The molecule has 0 radical (unpaired) electrons. The molecular weight excluding hydrogens is 210 g/mol. The Morgan fingerprint density at radius 2 is 2.44 bits per heavy atom. The number of rotatable bonds is 3. The molecule has 1 aromatic rings. The molecular formula is C10H15N3O3. The third-order valence-electron chi connectivity index (χ3n) is 2.94. The molecule has 0 bridgehead atoms. The molecule has 6 nitrogen and oxygen atoms in total. The predicted molar refractivity (Wildman–Crippen MR) is 56.5 cm³/mol. The first kappa shape index (κ1) is 10.9. The van der Waals surface area contributed by atoms with Gasteiger partial charge < -0.3 is 15.1 Å². The summed E-state index contributed by atoms with van der Waals surface area (Å²) in [6.07, 6.45) is 2.22. The van der Waals surface area contributed by atoms with E-state index in [2.05, 4.69) is 10.00 Å². The molecule has 16 heavy (non-hydrogen) atoms. The van der Waals surface area contributed by atoms with Crippen molar-refractivity contribution in [3.8, 4) is 5.75 Å². The fraction of sp³-hybridized carbons (Fsp3) is 0.600. The maximum atomic E-state index is 10.9. The Bertz CT molecular complexity index is 402. The second-order valence-corrected chi connectivity index (χ2v) is 4.28. The summed E-state index contributed by atoms with van der Waals surface area (Å²) >= 11 is 0. The van der Waals surface area contributed by atoms with E-state index in [4.69, 9.17) is 5.11 Å². The van der Waals surface area contributed by atoms with Crippen LogP contribution in [-0.2, 0) is 6.54 Å². The van der Waals surface area contributed by atoms with Gasteiger partial charge in [0.25, 0.3) is 0 Å². The van der Waals surface area contributed by atoms with Crippen LogP contribution in [0.1, 0.15) is 16.9 Å². The largest absolute Gasteiger partial charge is 0.504 e. The highest BCUT2D eigenvalue weighted by Crippen LogP contribution is 2.21. The number of nitrogens with zero attached hydrogens (tertiary/aromatic N) is 3. The van der Waals surface area contributed by atoms with Crippen LogP contribution in [0.25, 0.3) is 0 Å². The SMILES string of the molecule is CN1CCC(Cn2ncc(O)c2C(=O)O)C1. The Kier molecular flexibility index (Phi) is 2.82. The first-order valence-corrected chi connectivity index (χ1v) is 5.24. The standard InChI is InChI=1S/C10H15N3O3/c1-12-3-2-7(5-12)6-13-9(10(15)16)8(14)4-11-13/h4,7,14H,2-3,5-6H2,1H3,(H,15,16). The van der Waals surface area contributed by atoms with E-state index in [1.54, 1.807) is 0 Å². The van der Waals surface area contributed by atoms with Crippen molar-refractivity contribution in [2.75, 3.05) is 20.1 Å². The van der Waals surface area contributed by atoms with Crippen LogP contribution >= 0.6 is 0 Å². The monoisotopic (exact) mass is 225 g/mol. The minimum Gasteiger partial charge on any atom is -0.504 e. The van der Waals surface area contributed by atoms with Gasteiger partial charge in [-0.2, -0.15) is 5.10 Å². The zero-order valence-electron chi connectivity index (χ0n) is 9.13. The Morgan fingerprint density at radius 3 is 3.00 bits per heavy atom. The van der Waals surface area contributed by atoms with E-state index in [0.29, 0.717) is 12.5 Å². The lowest BCUT2D eigenvalue weighted by atomic mass is 10.1. The van der Waals surface area contributed by atoms with Gasteiger partial charge in [0.05, 0.1) is 6.20 Å². The van der Waals surface area contributed by atoms with E-state index in [1.807, 2.05) is 7.05 Å². The Hall–Kier alpha value is -1.56. The first-order valence-electron chi connectivity index (χ1n) is 5.24. The van der Waals surface area contributed by atoms with Gasteiger partial charge in [0.2, 0.25) is 0 Å². The molecule has 1 saturated heterocycles. The van der Waals surface area contributed by atoms with Crippen LogP contribution in [0.15, 0.2) is 6.20 Å². The average Bonchev–Trinajstić information content (AvgIpc) is 2.74. The summed E-state index contributed by atoms with van der Waals surface area (Å²) in [7, 11) is 2.04. The molecule has 1 aliphatic heterocycles.